The molecule has 1 fully saturated rings. The van der Waals surface area contributed by atoms with Crippen molar-refractivity contribution in [1.82, 2.24) is 0 Å². The molecule has 9 nitrogen and oxygen atoms in total. The first-order chi connectivity index (χ1) is 6.99. The number of hydrogen-bond acceptors (Lipinski definition) is 7. The Kier molecular flexibility index (Phi) is 3.61. The van der Waals surface area contributed by atoms with Crippen LogP contribution >= 0.6 is 0 Å². The predicted molar refractivity (Wildman–Crippen MR) is 42.4 cm³/mol. The van der Waals surface area contributed by atoms with Crippen molar-refractivity contribution in [2.75, 3.05) is 6.61 Å². The van der Waals surface area contributed by atoms with Gasteiger partial charge < -0.3 is 14.4 Å². The zero-order valence-electron chi connectivity index (χ0n) is 7.48. The summed E-state index contributed by atoms with van der Waals surface area (Å²) in [5.41, 5.74) is 0. The summed E-state index contributed by atoms with van der Waals surface area (Å²) in [7, 11) is 0. The SMILES string of the molecule is [CH][C@H]1C[C@@H](O[N+](=O)[O-])[C@@H](CO[N+](=O)[O-])O1. The standard InChI is InChI=1S/C6H8N2O7/c1-4-2-5(15-8(11)12)6(14-4)3-13-7(9)10/h1,4-6H,2-3H2/t4-,5+,6+/m0/s1. The highest BCUT2D eigenvalue weighted by Gasteiger charge is 2.36. The van der Waals surface area contributed by atoms with Gasteiger partial charge in [-0.05, 0) is 6.92 Å². The maximum Gasteiger partial charge on any atom is 0.294 e. The molecule has 0 saturated carbocycles. The van der Waals surface area contributed by atoms with Gasteiger partial charge in [0.15, 0.2) is 0 Å². The van der Waals surface area contributed by atoms with Crippen LogP contribution in [0.3, 0.4) is 0 Å². The largest absolute Gasteiger partial charge is 0.370 e. The third-order valence-corrected chi connectivity index (χ3v) is 1.79. The number of rotatable bonds is 5. The van der Waals surface area contributed by atoms with Gasteiger partial charge in [-0.25, -0.2) is 0 Å². The van der Waals surface area contributed by atoms with E-state index in [9.17, 15) is 20.2 Å². The summed E-state index contributed by atoms with van der Waals surface area (Å²) in [4.78, 5) is 28.2. The molecule has 0 unspecified atom stereocenters. The molecule has 9 heteroatoms. The van der Waals surface area contributed by atoms with Gasteiger partial charge in [-0.15, -0.1) is 20.2 Å². The van der Waals surface area contributed by atoms with Crippen LogP contribution in [0.5, 0.6) is 0 Å². The van der Waals surface area contributed by atoms with E-state index in [1.54, 1.807) is 0 Å². The van der Waals surface area contributed by atoms with Gasteiger partial charge in [0.25, 0.3) is 10.2 Å². The topological polar surface area (TPSA) is 114 Å². The molecule has 1 rings (SSSR count). The van der Waals surface area contributed by atoms with Gasteiger partial charge in [0.2, 0.25) is 0 Å². The van der Waals surface area contributed by atoms with Gasteiger partial charge in [0.05, 0.1) is 6.10 Å². The van der Waals surface area contributed by atoms with E-state index in [4.69, 9.17) is 11.7 Å². The molecule has 0 N–H and O–H groups in total. The highest BCUT2D eigenvalue weighted by atomic mass is 17.0. The van der Waals surface area contributed by atoms with E-state index in [0.29, 0.717) is 0 Å². The summed E-state index contributed by atoms with van der Waals surface area (Å²) >= 11 is 0. The lowest BCUT2D eigenvalue weighted by molar-refractivity contribution is -0.775. The first kappa shape index (κ1) is 11.4. The molecule has 0 spiro atoms. The second kappa shape index (κ2) is 4.73. The molecule has 15 heavy (non-hydrogen) atoms. The molecule has 1 saturated heterocycles. The zero-order valence-corrected chi connectivity index (χ0v) is 7.48. The second-order valence-electron chi connectivity index (χ2n) is 2.84. The van der Waals surface area contributed by atoms with E-state index in [2.05, 4.69) is 9.68 Å². The van der Waals surface area contributed by atoms with Gasteiger partial charge in [0.1, 0.15) is 18.8 Å². The molecule has 2 radical (unpaired) electrons. The first-order valence-corrected chi connectivity index (χ1v) is 3.98. The summed E-state index contributed by atoms with van der Waals surface area (Å²) in [5.74, 6) is 0. The highest BCUT2D eigenvalue weighted by molar-refractivity contribution is 4.83. The van der Waals surface area contributed by atoms with Gasteiger partial charge in [-0.1, -0.05) is 0 Å². The number of ether oxygens (including phenoxy) is 1. The minimum Gasteiger partial charge on any atom is -0.370 e. The second-order valence-corrected chi connectivity index (χ2v) is 2.84. The average Bonchev–Trinajstić information content (AvgIpc) is 2.41. The van der Waals surface area contributed by atoms with Crippen molar-refractivity contribution < 1.29 is 24.6 Å². The number of hydrogen-bond donors (Lipinski definition) is 0. The molecule has 0 aliphatic carbocycles. The van der Waals surface area contributed by atoms with Crippen molar-refractivity contribution in [1.29, 1.82) is 0 Å². The van der Waals surface area contributed by atoms with Crippen molar-refractivity contribution >= 4 is 0 Å². The van der Waals surface area contributed by atoms with Gasteiger partial charge in [0, 0.05) is 6.42 Å². The molecule has 0 bridgehead atoms. The van der Waals surface area contributed by atoms with Crippen LogP contribution in [-0.4, -0.2) is 35.1 Å². The highest BCUT2D eigenvalue weighted by Crippen LogP contribution is 2.23. The summed E-state index contributed by atoms with van der Waals surface area (Å²) in [6.07, 6.45) is -2.49. The molecule has 1 heterocycles. The summed E-state index contributed by atoms with van der Waals surface area (Å²) in [5, 5.41) is 17.9. The van der Waals surface area contributed by atoms with Crippen molar-refractivity contribution in [3.8, 4) is 0 Å². The van der Waals surface area contributed by atoms with E-state index in [1.807, 2.05) is 0 Å². The normalized spacial score (nSPS) is 29.8. The fourth-order valence-corrected chi connectivity index (χ4v) is 1.25. The van der Waals surface area contributed by atoms with Crippen LogP contribution < -0.4 is 0 Å². The van der Waals surface area contributed by atoms with E-state index in [0.717, 1.165) is 0 Å². The Bertz CT molecular complexity index is 258. The van der Waals surface area contributed by atoms with Gasteiger partial charge >= 0.3 is 0 Å². The third kappa shape index (κ3) is 3.54. The molecule has 0 aromatic rings. The molecular formula is C6H8N2O7. The van der Waals surface area contributed by atoms with Crippen LogP contribution in [0.15, 0.2) is 0 Å². The molecule has 84 valence electrons. The Morgan fingerprint density at radius 2 is 2.07 bits per heavy atom. The van der Waals surface area contributed by atoms with Crippen LogP contribution in [0, 0.1) is 27.2 Å². The van der Waals surface area contributed by atoms with Crippen LogP contribution in [0.25, 0.3) is 0 Å². The van der Waals surface area contributed by atoms with Crippen molar-refractivity contribution in [3.05, 3.63) is 27.2 Å². The van der Waals surface area contributed by atoms with Crippen LogP contribution in [-0.2, 0) is 14.4 Å². The average molecular weight is 220 g/mol. The Labute approximate surface area is 84.1 Å². The third-order valence-electron chi connectivity index (χ3n) is 1.79. The minimum absolute atomic E-state index is 0.0900. The quantitative estimate of drug-likeness (QED) is 0.459. The van der Waals surface area contributed by atoms with Gasteiger partial charge in [-0.2, -0.15) is 0 Å². The van der Waals surface area contributed by atoms with Crippen LogP contribution in [0.2, 0.25) is 0 Å². The lowest BCUT2D eigenvalue weighted by atomic mass is 10.1. The van der Waals surface area contributed by atoms with Crippen LogP contribution in [0.1, 0.15) is 6.42 Å². The molecule has 0 amide bonds. The van der Waals surface area contributed by atoms with E-state index < -0.39 is 35.1 Å². The summed E-state index contributed by atoms with van der Waals surface area (Å²) < 4.78 is 4.94. The van der Waals surface area contributed by atoms with Crippen molar-refractivity contribution in [3.63, 3.8) is 0 Å². The summed E-state index contributed by atoms with van der Waals surface area (Å²) in [6, 6.07) is 0. The molecule has 0 aromatic carbocycles. The lowest BCUT2D eigenvalue weighted by Crippen LogP contribution is -2.31. The molecule has 0 aromatic heterocycles. The molecular weight excluding hydrogens is 212 g/mol. The van der Waals surface area contributed by atoms with E-state index in [-0.39, 0.29) is 6.42 Å². The number of nitrogens with zero attached hydrogens (tertiary/aromatic N) is 2. The van der Waals surface area contributed by atoms with Gasteiger partial charge in [-0.3, -0.25) is 0 Å². The zero-order chi connectivity index (χ0) is 11.4. The lowest BCUT2D eigenvalue weighted by Gasteiger charge is -2.14. The molecule has 1 aliphatic heterocycles. The maximum absolute atomic E-state index is 10.1. The maximum atomic E-state index is 10.1. The van der Waals surface area contributed by atoms with E-state index in [1.165, 1.54) is 0 Å². The smallest absolute Gasteiger partial charge is 0.294 e. The monoisotopic (exact) mass is 220 g/mol. The van der Waals surface area contributed by atoms with Crippen molar-refractivity contribution in [2.45, 2.75) is 24.7 Å². The van der Waals surface area contributed by atoms with E-state index >= 15 is 0 Å². The Balaban J connectivity index is 2.45. The Morgan fingerprint density at radius 1 is 1.40 bits per heavy atom. The fourth-order valence-electron chi connectivity index (χ4n) is 1.25. The van der Waals surface area contributed by atoms with Crippen LogP contribution in [0.4, 0.5) is 0 Å². The molecule has 1 aliphatic rings. The molecule has 3 atom stereocenters. The first-order valence-electron chi connectivity index (χ1n) is 3.98. The Morgan fingerprint density at radius 3 is 2.60 bits per heavy atom. The summed E-state index contributed by atoms with van der Waals surface area (Å²) in [6.45, 7) is 4.90. The minimum atomic E-state index is -1.02. The van der Waals surface area contributed by atoms with Crippen molar-refractivity contribution in [2.24, 2.45) is 0 Å². The Hall–Kier alpha value is -1.64. The fraction of sp³-hybridized carbons (Fsp3) is 0.833. The predicted octanol–water partition coefficient (Wildman–Crippen LogP) is -0.360.